The molecule has 0 aliphatic carbocycles. The summed E-state index contributed by atoms with van der Waals surface area (Å²) in [5.74, 6) is 0. The van der Waals surface area contributed by atoms with Gasteiger partial charge in [0.05, 0.1) is 0 Å². The van der Waals surface area contributed by atoms with E-state index in [1.165, 1.54) is 0 Å². The van der Waals surface area contributed by atoms with E-state index in [0.717, 1.165) is 0 Å². The van der Waals surface area contributed by atoms with Crippen LogP contribution in [-0.4, -0.2) is 24.3 Å². The standard InChI is InChI=1S/C4H6IN3O/c1-8(2)4-7-6-3(5)9-4/h1-2H3. The van der Waals surface area contributed by atoms with Gasteiger partial charge in [-0.15, -0.1) is 5.10 Å². The minimum atomic E-state index is 0.541. The molecule has 0 bridgehead atoms. The molecule has 0 saturated carbocycles. The molecule has 0 fully saturated rings. The molecular formula is C4H6IN3O. The van der Waals surface area contributed by atoms with Crippen LogP contribution < -0.4 is 4.90 Å². The summed E-state index contributed by atoms with van der Waals surface area (Å²) in [5, 5.41) is 7.38. The van der Waals surface area contributed by atoms with Crippen LogP contribution in [0.2, 0.25) is 0 Å². The third-order valence-electron chi connectivity index (χ3n) is 0.772. The van der Waals surface area contributed by atoms with Crippen molar-refractivity contribution in [2.45, 2.75) is 0 Å². The lowest BCUT2D eigenvalue weighted by atomic mass is 10.9. The van der Waals surface area contributed by atoms with Crippen molar-refractivity contribution in [2.24, 2.45) is 0 Å². The van der Waals surface area contributed by atoms with Gasteiger partial charge in [0.1, 0.15) is 0 Å². The van der Waals surface area contributed by atoms with E-state index in [1.54, 1.807) is 4.90 Å². The zero-order valence-electron chi connectivity index (χ0n) is 5.13. The first-order chi connectivity index (χ1) is 4.20. The van der Waals surface area contributed by atoms with Crippen LogP contribution in [0.3, 0.4) is 0 Å². The highest BCUT2D eigenvalue weighted by molar-refractivity contribution is 14.1. The largest absolute Gasteiger partial charge is 0.398 e. The van der Waals surface area contributed by atoms with Crippen LogP contribution >= 0.6 is 22.6 Å². The van der Waals surface area contributed by atoms with Gasteiger partial charge in [-0.2, -0.15) is 0 Å². The van der Waals surface area contributed by atoms with Crippen molar-refractivity contribution in [3.63, 3.8) is 0 Å². The van der Waals surface area contributed by atoms with E-state index < -0.39 is 0 Å². The second-order valence-corrected chi connectivity index (χ2v) is 2.65. The summed E-state index contributed by atoms with van der Waals surface area (Å²) in [4.78, 5) is 1.76. The number of anilines is 1. The van der Waals surface area contributed by atoms with Gasteiger partial charge < -0.3 is 9.32 Å². The monoisotopic (exact) mass is 239 g/mol. The molecule has 50 valence electrons. The van der Waals surface area contributed by atoms with Crippen LogP contribution in [-0.2, 0) is 0 Å². The molecule has 0 radical (unpaired) electrons. The molecule has 0 aromatic carbocycles. The first-order valence-electron chi connectivity index (χ1n) is 2.36. The van der Waals surface area contributed by atoms with Crippen molar-refractivity contribution in [1.29, 1.82) is 0 Å². The van der Waals surface area contributed by atoms with E-state index in [4.69, 9.17) is 4.42 Å². The zero-order chi connectivity index (χ0) is 6.85. The summed E-state index contributed by atoms with van der Waals surface area (Å²) < 4.78 is 5.60. The van der Waals surface area contributed by atoms with Crippen LogP contribution in [0.15, 0.2) is 4.42 Å². The molecular weight excluding hydrogens is 233 g/mol. The molecule has 0 N–H and O–H groups in total. The van der Waals surface area contributed by atoms with Gasteiger partial charge in [-0.25, -0.2) is 0 Å². The minimum absolute atomic E-state index is 0.541. The Morgan fingerprint density at radius 3 is 2.33 bits per heavy atom. The third kappa shape index (κ3) is 1.54. The maximum absolute atomic E-state index is 5.04. The third-order valence-corrected chi connectivity index (χ3v) is 1.21. The Balaban J connectivity index is 2.85. The van der Waals surface area contributed by atoms with E-state index >= 15 is 0 Å². The number of aromatic nitrogens is 2. The molecule has 0 aliphatic rings. The Bertz CT molecular complexity index is 197. The molecule has 0 saturated heterocycles. The van der Waals surface area contributed by atoms with Crippen LogP contribution in [0.5, 0.6) is 0 Å². The van der Waals surface area contributed by atoms with E-state index in [0.29, 0.717) is 9.91 Å². The van der Waals surface area contributed by atoms with Crippen molar-refractivity contribution in [2.75, 3.05) is 19.0 Å². The van der Waals surface area contributed by atoms with E-state index in [9.17, 15) is 0 Å². The Morgan fingerprint density at radius 2 is 2.11 bits per heavy atom. The second-order valence-electron chi connectivity index (χ2n) is 1.73. The van der Waals surface area contributed by atoms with Gasteiger partial charge in [0.2, 0.25) is 0 Å². The van der Waals surface area contributed by atoms with E-state index in [2.05, 4.69) is 10.2 Å². The fourth-order valence-electron chi connectivity index (χ4n) is 0.379. The minimum Gasteiger partial charge on any atom is -0.398 e. The number of nitrogens with zero attached hydrogens (tertiary/aromatic N) is 3. The normalized spacial score (nSPS) is 9.67. The van der Waals surface area contributed by atoms with Crippen LogP contribution in [0.25, 0.3) is 0 Å². The maximum atomic E-state index is 5.04. The first-order valence-corrected chi connectivity index (χ1v) is 3.44. The molecule has 1 rings (SSSR count). The zero-order valence-corrected chi connectivity index (χ0v) is 7.29. The second kappa shape index (κ2) is 2.51. The van der Waals surface area contributed by atoms with Gasteiger partial charge >= 0.3 is 6.01 Å². The summed E-state index contributed by atoms with van der Waals surface area (Å²) in [6, 6.07) is 0.541. The summed E-state index contributed by atoms with van der Waals surface area (Å²) in [6.07, 6.45) is 0. The molecule has 4 nitrogen and oxygen atoms in total. The average Bonchev–Trinajstić information content (AvgIpc) is 2.14. The lowest BCUT2D eigenvalue weighted by Gasteiger charge is -2.01. The van der Waals surface area contributed by atoms with Crippen molar-refractivity contribution >= 4 is 28.6 Å². The Kier molecular flexibility index (Phi) is 1.89. The number of halogens is 1. The van der Waals surface area contributed by atoms with Gasteiger partial charge in [-0.1, -0.05) is 5.10 Å². The van der Waals surface area contributed by atoms with Crippen LogP contribution in [0, 0.1) is 3.90 Å². The Labute approximate surface area is 66.4 Å². The fourth-order valence-corrected chi connectivity index (χ4v) is 0.684. The van der Waals surface area contributed by atoms with Crippen molar-refractivity contribution < 1.29 is 4.42 Å². The highest BCUT2D eigenvalue weighted by atomic mass is 127. The molecule has 0 amide bonds. The quantitative estimate of drug-likeness (QED) is 0.678. The lowest BCUT2D eigenvalue weighted by molar-refractivity contribution is 0.522. The van der Waals surface area contributed by atoms with E-state index in [-0.39, 0.29) is 0 Å². The molecule has 1 aromatic rings. The average molecular weight is 239 g/mol. The van der Waals surface area contributed by atoms with Gasteiger partial charge in [-0.3, -0.25) is 0 Å². The SMILES string of the molecule is CN(C)c1nnc(I)o1. The number of hydrogen-bond donors (Lipinski definition) is 0. The number of rotatable bonds is 1. The highest BCUT2D eigenvalue weighted by Gasteiger charge is 2.02. The summed E-state index contributed by atoms with van der Waals surface area (Å²) in [6.45, 7) is 0. The van der Waals surface area contributed by atoms with Gasteiger partial charge in [-0.05, 0) is 0 Å². The molecule has 0 atom stereocenters. The Hall–Kier alpha value is -0.330. The maximum Gasteiger partial charge on any atom is 0.318 e. The predicted octanol–water partition coefficient (Wildman–Crippen LogP) is 0.740. The fraction of sp³-hybridized carbons (Fsp3) is 0.500. The predicted molar refractivity (Wildman–Crippen MR) is 41.3 cm³/mol. The molecule has 1 aromatic heterocycles. The van der Waals surface area contributed by atoms with Crippen molar-refractivity contribution in [3.8, 4) is 0 Å². The highest BCUT2D eigenvalue weighted by Crippen LogP contribution is 2.08. The van der Waals surface area contributed by atoms with Gasteiger partial charge in [0, 0.05) is 36.7 Å². The van der Waals surface area contributed by atoms with E-state index in [1.807, 2.05) is 36.7 Å². The molecule has 0 spiro atoms. The summed E-state index contributed by atoms with van der Waals surface area (Å²) >= 11 is 1.97. The molecule has 1 heterocycles. The van der Waals surface area contributed by atoms with Crippen LogP contribution in [0.1, 0.15) is 0 Å². The first kappa shape index (κ1) is 6.79. The molecule has 5 heteroatoms. The molecule has 0 aliphatic heterocycles. The lowest BCUT2D eigenvalue weighted by Crippen LogP contribution is -2.08. The summed E-state index contributed by atoms with van der Waals surface area (Å²) in [5.41, 5.74) is 0. The molecule has 0 unspecified atom stereocenters. The number of hydrogen-bond acceptors (Lipinski definition) is 4. The van der Waals surface area contributed by atoms with Gasteiger partial charge in [0.15, 0.2) is 0 Å². The van der Waals surface area contributed by atoms with Crippen molar-refractivity contribution in [3.05, 3.63) is 3.90 Å². The van der Waals surface area contributed by atoms with Crippen molar-refractivity contribution in [1.82, 2.24) is 10.2 Å². The Morgan fingerprint density at radius 1 is 1.44 bits per heavy atom. The summed E-state index contributed by atoms with van der Waals surface area (Å²) in [7, 11) is 3.70. The topological polar surface area (TPSA) is 42.2 Å². The molecule has 9 heavy (non-hydrogen) atoms. The van der Waals surface area contributed by atoms with Gasteiger partial charge in [0.25, 0.3) is 3.90 Å². The smallest absolute Gasteiger partial charge is 0.318 e. The van der Waals surface area contributed by atoms with Crippen LogP contribution in [0.4, 0.5) is 6.01 Å².